The Bertz CT molecular complexity index is 574. The molecule has 0 saturated heterocycles. The molecule has 0 spiro atoms. The molecule has 0 aliphatic heterocycles. The predicted octanol–water partition coefficient (Wildman–Crippen LogP) is 0.474. The normalized spacial score (nSPS) is 10.7. The summed E-state index contributed by atoms with van der Waals surface area (Å²) in [7, 11) is -2.27. The van der Waals surface area contributed by atoms with Crippen molar-refractivity contribution in [1.82, 2.24) is 0 Å². The lowest BCUT2D eigenvalue weighted by molar-refractivity contribution is 0.0599. The van der Waals surface area contributed by atoms with Crippen LogP contribution in [0.15, 0.2) is 18.2 Å². The van der Waals surface area contributed by atoms with Gasteiger partial charge < -0.3 is 9.47 Å². The van der Waals surface area contributed by atoms with Crippen molar-refractivity contribution in [3.8, 4) is 0 Å². The van der Waals surface area contributed by atoms with Crippen molar-refractivity contribution in [3.05, 3.63) is 29.3 Å². The van der Waals surface area contributed by atoms with E-state index < -0.39 is 22.2 Å². The molecule has 0 heterocycles. The maximum atomic E-state index is 11.4. The van der Waals surface area contributed by atoms with E-state index in [0.717, 1.165) is 26.4 Å². The van der Waals surface area contributed by atoms with Crippen LogP contribution >= 0.6 is 0 Å². The molecule has 8 nitrogen and oxygen atoms in total. The summed E-state index contributed by atoms with van der Waals surface area (Å²) in [6.45, 7) is 0. The predicted molar refractivity (Wildman–Crippen MR) is 64.3 cm³/mol. The van der Waals surface area contributed by atoms with Gasteiger partial charge in [0.15, 0.2) is 0 Å². The third-order valence-electron chi connectivity index (χ3n) is 2.02. The molecule has 0 radical (unpaired) electrons. The Hall–Kier alpha value is -2.13. The van der Waals surface area contributed by atoms with E-state index >= 15 is 0 Å². The van der Waals surface area contributed by atoms with E-state index in [4.69, 9.17) is 4.55 Å². The number of carbonyl (C=O) groups is 2. The van der Waals surface area contributed by atoms with Gasteiger partial charge in [0.05, 0.1) is 31.0 Å². The number of rotatable bonds is 4. The molecule has 2 N–H and O–H groups in total. The average Bonchev–Trinajstić information content (AvgIpc) is 2.34. The Balaban J connectivity index is 3.31. The summed E-state index contributed by atoms with van der Waals surface area (Å²) in [6, 6.07) is 3.38. The molecule has 1 aromatic rings. The lowest BCUT2D eigenvalue weighted by atomic mass is 10.1. The molecule has 19 heavy (non-hydrogen) atoms. The summed E-state index contributed by atoms with van der Waals surface area (Å²) in [6.07, 6.45) is 0. The summed E-state index contributed by atoms with van der Waals surface area (Å²) in [4.78, 5) is 22.8. The number of esters is 2. The lowest BCUT2D eigenvalue weighted by Gasteiger charge is -2.08. The van der Waals surface area contributed by atoms with Crippen LogP contribution in [-0.2, 0) is 19.8 Å². The zero-order valence-corrected chi connectivity index (χ0v) is 10.9. The summed E-state index contributed by atoms with van der Waals surface area (Å²) in [5.41, 5.74) is -0.320. The zero-order valence-electron chi connectivity index (χ0n) is 10.0. The highest BCUT2D eigenvalue weighted by atomic mass is 32.2. The minimum Gasteiger partial charge on any atom is -0.465 e. The van der Waals surface area contributed by atoms with Gasteiger partial charge in [0.2, 0.25) is 0 Å². The van der Waals surface area contributed by atoms with E-state index in [9.17, 15) is 18.0 Å². The smallest absolute Gasteiger partial charge is 0.357 e. The quantitative estimate of drug-likeness (QED) is 0.611. The van der Waals surface area contributed by atoms with Crippen LogP contribution in [0, 0.1) is 0 Å². The molecule has 0 fully saturated rings. The molecule has 1 rings (SSSR count). The van der Waals surface area contributed by atoms with E-state index in [1.807, 2.05) is 0 Å². The first-order valence-corrected chi connectivity index (χ1v) is 6.28. The molecule has 0 aliphatic rings. The van der Waals surface area contributed by atoms with Crippen LogP contribution in [0.5, 0.6) is 0 Å². The van der Waals surface area contributed by atoms with E-state index in [0.29, 0.717) is 0 Å². The number of anilines is 1. The number of hydrogen-bond donors (Lipinski definition) is 2. The van der Waals surface area contributed by atoms with Crippen molar-refractivity contribution in [2.24, 2.45) is 0 Å². The van der Waals surface area contributed by atoms with Crippen molar-refractivity contribution >= 4 is 27.9 Å². The van der Waals surface area contributed by atoms with Gasteiger partial charge in [0, 0.05) is 0 Å². The molecular formula is C10H11NO7S. The largest absolute Gasteiger partial charge is 0.465 e. The highest BCUT2D eigenvalue weighted by Gasteiger charge is 2.15. The summed E-state index contributed by atoms with van der Waals surface area (Å²) in [5, 5.41) is 0. The number of carbonyl (C=O) groups excluding carboxylic acids is 2. The molecule has 0 atom stereocenters. The van der Waals surface area contributed by atoms with Gasteiger partial charge in [-0.15, -0.1) is 0 Å². The van der Waals surface area contributed by atoms with Gasteiger partial charge in [-0.05, 0) is 18.2 Å². The summed E-state index contributed by atoms with van der Waals surface area (Å²) >= 11 is 0. The molecule has 0 aromatic heterocycles. The molecule has 1 aromatic carbocycles. The van der Waals surface area contributed by atoms with Crippen molar-refractivity contribution < 1.29 is 32.0 Å². The van der Waals surface area contributed by atoms with Crippen LogP contribution in [0.2, 0.25) is 0 Å². The minimum absolute atomic E-state index is 0.0726. The Kier molecular flexibility index (Phi) is 4.46. The highest BCUT2D eigenvalue weighted by molar-refractivity contribution is 7.87. The van der Waals surface area contributed by atoms with Gasteiger partial charge in [0.25, 0.3) is 0 Å². The van der Waals surface area contributed by atoms with Gasteiger partial charge >= 0.3 is 22.2 Å². The van der Waals surface area contributed by atoms with Crippen LogP contribution in [0.1, 0.15) is 20.7 Å². The van der Waals surface area contributed by atoms with Crippen molar-refractivity contribution in [2.75, 3.05) is 18.9 Å². The molecule has 0 amide bonds. The second kappa shape index (κ2) is 5.67. The molecule has 104 valence electrons. The second-order valence-electron chi connectivity index (χ2n) is 3.36. The third-order valence-corrected chi connectivity index (χ3v) is 2.52. The fraction of sp³-hybridized carbons (Fsp3) is 0.200. The van der Waals surface area contributed by atoms with Gasteiger partial charge in [-0.3, -0.25) is 9.27 Å². The van der Waals surface area contributed by atoms with Crippen molar-refractivity contribution in [3.63, 3.8) is 0 Å². The van der Waals surface area contributed by atoms with Crippen LogP contribution in [0.4, 0.5) is 5.69 Å². The topological polar surface area (TPSA) is 119 Å². The molecule has 9 heteroatoms. The number of hydrogen-bond acceptors (Lipinski definition) is 6. The number of ether oxygens (including phenoxy) is 2. The number of methoxy groups -OCH3 is 2. The minimum atomic E-state index is -4.53. The monoisotopic (exact) mass is 289 g/mol. The second-order valence-corrected chi connectivity index (χ2v) is 4.51. The molecule has 0 aliphatic carbocycles. The molecule has 0 bridgehead atoms. The van der Waals surface area contributed by atoms with E-state index in [1.165, 1.54) is 6.07 Å². The fourth-order valence-corrected chi connectivity index (χ4v) is 1.72. The van der Waals surface area contributed by atoms with Gasteiger partial charge in [-0.25, -0.2) is 9.59 Å². The SMILES string of the molecule is COC(=O)c1cc(NS(=O)(=O)O)cc(C(=O)OC)c1. The standard InChI is InChI=1S/C10H11NO7S/c1-17-9(12)6-3-7(10(13)18-2)5-8(4-6)11-19(14,15)16/h3-5,11H,1-2H3,(H,14,15,16). The van der Waals surface area contributed by atoms with Crippen molar-refractivity contribution in [2.45, 2.75) is 0 Å². The maximum absolute atomic E-state index is 11.4. The Morgan fingerprint density at radius 3 is 1.79 bits per heavy atom. The van der Waals surface area contributed by atoms with Gasteiger partial charge in [0.1, 0.15) is 0 Å². The Labute approximate surface area is 109 Å². The van der Waals surface area contributed by atoms with Crippen LogP contribution in [-0.4, -0.2) is 39.1 Å². The fourth-order valence-electron chi connectivity index (χ4n) is 1.31. The molecular weight excluding hydrogens is 278 g/mol. The van der Waals surface area contributed by atoms with Gasteiger partial charge in [-0.1, -0.05) is 0 Å². The number of benzene rings is 1. The molecule has 0 saturated carbocycles. The van der Waals surface area contributed by atoms with Crippen molar-refractivity contribution in [1.29, 1.82) is 0 Å². The Morgan fingerprint density at radius 1 is 1.05 bits per heavy atom. The van der Waals surface area contributed by atoms with Crippen LogP contribution < -0.4 is 4.72 Å². The first kappa shape index (κ1) is 14.9. The first-order valence-electron chi connectivity index (χ1n) is 4.84. The van der Waals surface area contributed by atoms with E-state index in [1.54, 1.807) is 4.72 Å². The summed E-state index contributed by atoms with van der Waals surface area (Å²) in [5.74, 6) is -1.55. The average molecular weight is 289 g/mol. The number of nitrogens with one attached hydrogen (secondary N) is 1. The van der Waals surface area contributed by atoms with Gasteiger partial charge in [-0.2, -0.15) is 8.42 Å². The zero-order chi connectivity index (χ0) is 14.6. The van der Waals surface area contributed by atoms with E-state index in [2.05, 4.69) is 9.47 Å². The van der Waals surface area contributed by atoms with E-state index in [-0.39, 0.29) is 16.8 Å². The highest BCUT2D eigenvalue weighted by Crippen LogP contribution is 2.17. The van der Waals surface area contributed by atoms with Crippen LogP contribution in [0.25, 0.3) is 0 Å². The lowest BCUT2D eigenvalue weighted by Crippen LogP contribution is -2.13. The first-order chi connectivity index (χ1) is 8.76. The third kappa shape index (κ3) is 4.23. The summed E-state index contributed by atoms with van der Waals surface area (Å²) < 4.78 is 40.8. The Morgan fingerprint density at radius 2 is 1.47 bits per heavy atom. The maximum Gasteiger partial charge on any atom is 0.357 e. The molecule has 0 unspecified atom stereocenters. The van der Waals surface area contributed by atoms with Crippen LogP contribution in [0.3, 0.4) is 0 Å².